The van der Waals surface area contributed by atoms with Crippen molar-refractivity contribution in [1.29, 1.82) is 0 Å². The lowest BCUT2D eigenvalue weighted by molar-refractivity contribution is -0.116. The lowest BCUT2D eigenvalue weighted by atomic mass is 10.1. The standard InChI is InChI=1S/C20H22N2O3/c1-15(16-8-10-18(25-2)11-9-16)14-19(23)21-12-13-22-20(24)17-6-4-3-5-7-17/h3-11,14H,12-13H2,1-2H3,(H,21,23)(H,22,24)/b15-14+. The Hall–Kier alpha value is -3.08. The zero-order chi connectivity index (χ0) is 18.1. The number of ether oxygens (including phenoxy) is 1. The van der Waals surface area contributed by atoms with Crippen molar-refractivity contribution in [3.8, 4) is 5.75 Å². The number of methoxy groups -OCH3 is 1. The van der Waals surface area contributed by atoms with E-state index in [-0.39, 0.29) is 11.8 Å². The summed E-state index contributed by atoms with van der Waals surface area (Å²) in [5.74, 6) is 0.428. The quantitative estimate of drug-likeness (QED) is 0.602. The molecule has 0 heterocycles. The molecule has 2 amide bonds. The highest BCUT2D eigenvalue weighted by molar-refractivity contribution is 5.95. The molecule has 25 heavy (non-hydrogen) atoms. The average Bonchev–Trinajstić information content (AvgIpc) is 2.65. The van der Waals surface area contributed by atoms with E-state index in [1.54, 1.807) is 25.3 Å². The van der Waals surface area contributed by atoms with Gasteiger partial charge in [0.25, 0.3) is 5.91 Å². The monoisotopic (exact) mass is 338 g/mol. The van der Waals surface area contributed by atoms with E-state index in [1.807, 2.05) is 49.4 Å². The van der Waals surface area contributed by atoms with Gasteiger partial charge >= 0.3 is 0 Å². The van der Waals surface area contributed by atoms with Gasteiger partial charge in [0.1, 0.15) is 5.75 Å². The Kier molecular flexibility index (Phi) is 6.77. The molecule has 0 spiro atoms. The maximum atomic E-state index is 11.9. The molecule has 2 N–H and O–H groups in total. The minimum atomic E-state index is -0.192. The molecule has 0 bridgehead atoms. The summed E-state index contributed by atoms with van der Waals surface area (Å²) in [5.41, 5.74) is 2.41. The first kappa shape index (κ1) is 18.3. The maximum Gasteiger partial charge on any atom is 0.251 e. The Balaban J connectivity index is 1.76. The molecule has 0 saturated heterocycles. The molecule has 0 aromatic heterocycles. The Morgan fingerprint density at radius 3 is 2.20 bits per heavy atom. The summed E-state index contributed by atoms with van der Waals surface area (Å²) >= 11 is 0. The van der Waals surface area contributed by atoms with Gasteiger partial charge in [0.2, 0.25) is 5.91 Å². The summed E-state index contributed by atoms with van der Waals surface area (Å²) in [7, 11) is 1.61. The van der Waals surface area contributed by atoms with Crippen molar-refractivity contribution in [1.82, 2.24) is 10.6 Å². The Morgan fingerprint density at radius 1 is 0.920 bits per heavy atom. The Bertz CT molecular complexity index is 737. The van der Waals surface area contributed by atoms with E-state index in [0.717, 1.165) is 16.9 Å². The number of hydrogen-bond acceptors (Lipinski definition) is 3. The summed E-state index contributed by atoms with van der Waals surface area (Å²) in [6.45, 7) is 2.61. The number of benzene rings is 2. The minimum absolute atomic E-state index is 0.153. The maximum absolute atomic E-state index is 11.9. The smallest absolute Gasteiger partial charge is 0.251 e. The number of amides is 2. The van der Waals surface area contributed by atoms with Gasteiger partial charge in [0.15, 0.2) is 0 Å². The molecule has 0 saturated carbocycles. The van der Waals surface area contributed by atoms with Crippen LogP contribution in [0.1, 0.15) is 22.8 Å². The number of carbonyl (C=O) groups is 2. The molecule has 2 rings (SSSR count). The van der Waals surface area contributed by atoms with Gasteiger partial charge in [-0.2, -0.15) is 0 Å². The second kappa shape index (κ2) is 9.27. The lowest BCUT2D eigenvalue weighted by Crippen LogP contribution is -2.34. The van der Waals surface area contributed by atoms with Crippen LogP contribution in [0.4, 0.5) is 0 Å². The summed E-state index contributed by atoms with van der Waals surface area (Å²) in [4.78, 5) is 23.8. The van der Waals surface area contributed by atoms with Gasteiger partial charge in [-0.05, 0) is 42.3 Å². The van der Waals surface area contributed by atoms with Crippen LogP contribution >= 0.6 is 0 Å². The van der Waals surface area contributed by atoms with E-state index >= 15 is 0 Å². The van der Waals surface area contributed by atoms with E-state index < -0.39 is 0 Å². The molecule has 0 fully saturated rings. The highest BCUT2D eigenvalue weighted by Crippen LogP contribution is 2.17. The van der Waals surface area contributed by atoms with E-state index in [0.29, 0.717) is 18.7 Å². The predicted octanol–water partition coefficient (Wildman–Crippen LogP) is 2.64. The van der Waals surface area contributed by atoms with Gasteiger partial charge in [-0.25, -0.2) is 0 Å². The largest absolute Gasteiger partial charge is 0.497 e. The summed E-state index contributed by atoms with van der Waals surface area (Å²) in [5, 5.41) is 5.52. The Labute approximate surface area is 147 Å². The molecular formula is C20H22N2O3. The first-order valence-corrected chi connectivity index (χ1v) is 8.04. The van der Waals surface area contributed by atoms with E-state index in [9.17, 15) is 9.59 Å². The molecule has 5 nitrogen and oxygen atoms in total. The van der Waals surface area contributed by atoms with Crippen LogP contribution in [0, 0.1) is 0 Å². The fourth-order valence-electron chi connectivity index (χ4n) is 2.24. The third-order valence-electron chi connectivity index (χ3n) is 3.64. The normalized spacial score (nSPS) is 10.9. The fraction of sp³-hybridized carbons (Fsp3) is 0.200. The van der Waals surface area contributed by atoms with Crippen LogP contribution in [0.3, 0.4) is 0 Å². The van der Waals surface area contributed by atoms with Crippen molar-refractivity contribution in [2.24, 2.45) is 0 Å². The highest BCUT2D eigenvalue weighted by atomic mass is 16.5. The number of rotatable bonds is 7. The second-order valence-electron chi connectivity index (χ2n) is 5.47. The van der Waals surface area contributed by atoms with Crippen molar-refractivity contribution in [3.05, 3.63) is 71.8 Å². The molecular weight excluding hydrogens is 316 g/mol. The highest BCUT2D eigenvalue weighted by Gasteiger charge is 2.04. The molecule has 5 heteroatoms. The number of hydrogen-bond donors (Lipinski definition) is 2. The SMILES string of the molecule is COc1ccc(/C(C)=C/C(=O)NCCNC(=O)c2ccccc2)cc1. The van der Waals surface area contributed by atoms with Crippen molar-refractivity contribution in [2.75, 3.05) is 20.2 Å². The van der Waals surface area contributed by atoms with Gasteiger partial charge in [0, 0.05) is 24.7 Å². The van der Waals surface area contributed by atoms with Crippen LogP contribution in [0.15, 0.2) is 60.7 Å². The van der Waals surface area contributed by atoms with Crippen molar-refractivity contribution in [2.45, 2.75) is 6.92 Å². The van der Waals surface area contributed by atoms with Crippen LogP contribution in [-0.2, 0) is 4.79 Å². The molecule has 0 aliphatic carbocycles. The number of carbonyl (C=O) groups excluding carboxylic acids is 2. The molecule has 0 atom stereocenters. The molecule has 2 aromatic carbocycles. The number of allylic oxidation sites excluding steroid dienone is 1. The topological polar surface area (TPSA) is 67.4 Å². The Morgan fingerprint density at radius 2 is 1.56 bits per heavy atom. The van der Waals surface area contributed by atoms with Gasteiger partial charge < -0.3 is 15.4 Å². The second-order valence-corrected chi connectivity index (χ2v) is 5.47. The van der Waals surface area contributed by atoms with Gasteiger partial charge in [-0.15, -0.1) is 0 Å². The summed E-state index contributed by atoms with van der Waals surface area (Å²) in [6, 6.07) is 16.5. The molecule has 0 radical (unpaired) electrons. The fourth-order valence-corrected chi connectivity index (χ4v) is 2.24. The van der Waals surface area contributed by atoms with E-state index in [1.165, 1.54) is 0 Å². The van der Waals surface area contributed by atoms with E-state index in [2.05, 4.69) is 10.6 Å². The van der Waals surface area contributed by atoms with Crippen LogP contribution in [-0.4, -0.2) is 32.0 Å². The van der Waals surface area contributed by atoms with Crippen molar-refractivity contribution in [3.63, 3.8) is 0 Å². The van der Waals surface area contributed by atoms with Gasteiger partial charge in [-0.1, -0.05) is 30.3 Å². The first-order valence-electron chi connectivity index (χ1n) is 8.04. The third kappa shape index (κ3) is 5.80. The summed E-state index contributed by atoms with van der Waals surface area (Å²) < 4.78 is 5.11. The zero-order valence-electron chi connectivity index (χ0n) is 14.4. The van der Waals surface area contributed by atoms with Crippen LogP contribution < -0.4 is 15.4 Å². The molecule has 0 unspecified atom stereocenters. The molecule has 0 aliphatic heterocycles. The van der Waals surface area contributed by atoms with Crippen LogP contribution in [0.5, 0.6) is 5.75 Å². The van der Waals surface area contributed by atoms with Crippen LogP contribution in [0.2, 0.25) is 0 Å². The minimum Gasteiger partial charge on any atom is -0.497 e. The molecule has 130 valence electrons. The van der Waals surface area contributed by atoms with Crippen molar-refractivity contribution >= 4 is 17.4 Å². The van der Waals surface area contributed by atoms with Gasteiger partial charge in [0.05, 0.1) is 7.11 Å². The zero-order valence-corrected chi connectivity index (χ0v) is 14.4. The molecule has 0 aliphatic rings. The lowest BCUT2D eigenvalue weighted by Gasteiger charge is -2.07. The van der Waals surface area contributed by atoms with Gasteiger partial charge in [-0.3, -0.25) is 9.59 Å². The average molecular weight is 338 g/mol. The first-order chi connectivity index (χ1) is 12.1. The third-order valence-corrected chi connectivity index (χ3v) is 3.64. The summed E-state index contributed by atoms with van der Waals surface area (Å²) in [6.07, 6.45) is 1.54. The van der Waals surface area contributed by atoms with Crippen LogP contribution in [0.25, 0.3) is 5.57 Å². The number of nitrogens with one attached hydrogen (secondary N) is 2. The molecule has 2 aromatic rings. The van der Waals surface area contributed by atoms with Crippen molar-refractivity contribution < 1.29 is 14.3 Å². The van der Waals surface area contributed by atoms with E-state index in [4.69, 9.17) is 4.74 Å². The predicted molar refractivity (Wildman–Crippen MR) is 98.4 cm³/mol.